The smallest absolute Gasteiger partial charge is 0.242 e. The topological polar surface area (TPSA) is 75.6 Å². The van der Waals surface area contributed by atoms with E-state index in [1.54, 1.807) is 12.1 Å². The molecule has 0 saturated carbocycles. The van der Waals surface area contributed by atoms with Crippen molar-refractivity contribution in [3.8, 4) is 0 Å². The van der Waals surface area contributed by atoms with Crippen molar-refractivity contribution in [2.45, 2.75) is 43.4 Å². The Morgan fingerprint density at radius 3 is 2.75 bits per heavy atom. The maximum absolute atomic E-state index is 12.5. The van der Waals surface area contributed by atoms with Crippen molar-refractivity contribution in [1.29, 1.82) is 0 Å². The molecule has 1 aliphatic heterocycles. The van der Waals surface area contributed by atoms with Crippen molar-refractivity contribution in [1.82, 2.24) is 4.72 Å². The molecule has 2 atom stereocenters. The summed E-state index contributed by atoms with van der Waals surface area (Å²) in [6.45, 7) is 4.12. The van der Waals surface area contributed by atoms with Gasteiger partial charge in [0.25, 0.3) is 0 Å². The molecule has 1 aromatic carbocycles. The van der Waals surface area contributed by atoms with Crippen molar-refractivity contribution in [2.75, 3.05) is 6.61 Å². The van der Waals surface area contributed by atoms with Gasteiger partial charge in [-0.3, -0.25) is 0 Å². The second-order valence-electron chi connectivity index (χ2n) is 5.21. The average molecular weight is 364 g/mol. The predicted molar refractivity (Wildman–Crippen MR) is 78.8 cm³/mol. The fraction of sp³-hybridized carbons (Fsp3) is 0.538. The van der Waals surface area contributed by atoms with E-state index in [0.29, 0.717) is 23.1 Å². The fourth-order valence-electron chi connectivity index (χ4n) is 2.19. The zero-order valence-corrected chi connectivity index (χ0v) is 13.8. The Morgan fingerprint density at radius 1 is 1.55 bits per heavy atom. The molecule has 1 fully saturated rings. The van der Waals surface area contributed by atoms with Crippen molar-refractivity contribution in [2.24, 2.45) is 0 Å². The highest BCUT2D eigenvalue weighted by molar-refractivity contribution is 9.10. The van der Waals surface area contributed by atoms with Gasteiger partial charge in [0.2, 0.25) is 10.0 Å². The molecule has 2 N–H and O–H groups in total. The third kappa shape index (κ3) is 3.07. The van der Waals surface area contributed by atoms with Gasteiger partial charge in [-0.05, 0) is 53.9 Å². The Hall–Kier alpha value is -0.470. The number of rotatable bonds is 4. The van der Waals surface area contributed by atoms with Gasteiger partial charge >= 0.3 is 0 Å². The van der Waals surface area contributed by atoms with Gasteiger partial charge in [-0.25, -0.2) is 13.1 Å². The molecule has 2 unspecified atom stereocenters. The van der Waals surface area contributed by atoms with Gasteiger partial charge < -0.3 is 9.84 Å². The number of sulfonamides is 1. The summed E-state index contributed by atoms with van der Waals surface area (Å²) in [6.07, 6.45) is 0.465. The third-order valence-corrected chi connectivity index (χ3v) is 6.31. The van der Waals surface area contributed by atoms with E-state index in [0.717, 1.165) is 0 Å². The van der Waals surface area contributed by atoms with Crippen LogP contribution in [0.5, 0.6) is 0 Å². The average Bonchev–Trinajstić information content (AvgIpc) is 2.67. The summed E-state index contributed by atoms with van der Waals surface area (Å²) in [5, 5.41) is 9.06. The number of aliphatic hydroxyl groups excluding tert-OH is 1. The molecular formula is C13H18BrNO4S. The second-order valence-corrected chi connectivity index (χ2v) is 7.71. The van der Waals surface area contributed by atoms with Gasteiger partial charge in [-0.2, -0.15) is 0 Å². The molecule has 20 heavy (non-hydrogen) atoms. The Labute approximate surface area is 127 Å². The largest absolute Gasteiger partial charge is 0.392 e. The minimum atomic E-state index is -3.65. The first-order valence-corrected chi connectivity index (χ1v) is 8.61. The molecule has 1 heterocycles. The molecule has 0 radical (unpaired) electrons. The van der Waals surface area contributed by atoms with Crippen LogP contribution in [0.4, 0.5) is 0 Å². The molecule has 2 rings (SSSR count). The van der Waals surface area contributed by atoms with Crippen LogP contribution in [0.1, 0.15) is 25.8 Å². The summed E-state index contributed by atoms with van der Waals surface area (Å²) >= 11 is 3.24. The fourth-order valence-corrected chi connectivity index (χ4v) is 4.81. The molecule has 1 aromatic rings. The van der Waals surface area contributed by atoms with Crippen LogP contribution in [0.2, 0.25) is 0 Å². The third-order valence-electron chi connectivity index (χ3n) is 3.72. The van der Waals surface area contributed by atoms with Crippen LogP contribution in [0.25, 0.3) is 0 Å². The summed E-state index contributed by atoms with van der Waals surface area (Å²) in [5.41, 5.74) is 0.0492. The molecular weight excluding hydrogens is 346 g/mol. The van der Waals surface area contributed by atoms with E-state index in [4.69, 9.17) is 9.84 Å². The summed E-state index contributed by atoms with van der Waals surface area (Å²) < 4.78 is 33.6. The van der Waals surface area contributed by atoms with E-state index in [-0.39, 0.29) is 17.6 Å². The highest BCUT2D eigenvalue weighted by Crippen LogP contribution is 2.29. The van der Waals surface area contributed by atoms with Crippen molar-refractivity contribution in [3.63, 3.8) is 0 Å². The minimum absolute atomic E-state index is 0.130. The molecule has 1 saturated heterocycles. The monoisotopic (exact) mass is 363 g/mol. The second kappa shape index (κ2) is 5.73. The zero-order chi connectivity index (χ0) is 15.0. The lowest BCUT2D eigenvalue weighted by molar-refractivity contribution is 0.0957. The van der Waals surface area contributed by atoms with Crippen LogP contribution < -0.4 is 4.72 Å². The van der Waals surface area contributed by atoms with E-state index >= 15 is 0 Å². The Bertz CT molecular complexity index is 604. The Morgan fingerprint density at radius 2 is 2.25 bits per heavy atom. The van der Waals surface area contributed by atoms with Crippen LogP contribution in [0.15, 0.2) is 27.6 Å². The molecule has 0 spiro atoms. The summed E-state index contributed by atoms with van der Waals surface area (Å²) in [6, 6.07) is 4.68. The SMILES string of the molecule is CC1OCCC1(C)NS(=O)(=O)c1ccc(CO)cc1Br. The van der Waals surface area contributed by atoms with E-state index in [1.807, 2.05) is 13.8 Å². The molecule has 0 aliphatic carbocycles. The van der Waals surface area contributed by atoms with E-state index in [2.05, 4.69) is 20.7 Å². The summed E-state index contributed by atoms with van der Waals surface area (Å²) in [5.74, 6) is 0. The molecule has 5 nitrogen and oxygen atoms in total. The van der Waals surface area contributed by atoms with Gasteiger partial charge in [-0.15, -0.1) is 0 Å². The Kier molecular flexibility index (Phi) is 4.56. The molecule has 112 valence electrons. The normalized spacial score (nSPS) is 26.9. The lowest BCUT2D eigenvalue weighted by atomic mass is 9.97. The van der Waals surface area contributed by atoms with Crippen molar-refractivity contribution < 1.29 is 18.3 Å². The molecule has 7 heteroatoms. The number of halogens is 1. The number of hydrogen-bond donors (Lipinski definition) is 2. The standard InChI is InChI=1S/C13H18BrNO4S/c1-9-13(2,5-6-19-9)15-20(17,18)12-4-3-10(8-16)7-11(12)14/h3-4,7,9,15-16H,5-6,8H2,1-2H3. The van der Waals surface area contributed by atoms with Gasteiger partial charge in [0.1, 0.15) is 0 Å². The summed E-state index contributed by atoms with van der Waals surface area (Å²) in [7, 11) is -3.65. The maximum atomic E-state index is 12.5. The van der Waals surface area contributed by atoms with Crippen LogP contribution in [0.3, 0.4) is 0 Å². The molecule has 1 aliphatic rings. The molecule has 0 bridgehead atoms. The quantitative estimate of drug-likeness (QED) is 0.854. The number of ether oxygens (including phenoxy) is 1. The minimum Gasteiger partial charge on any atom is -0.392 e. The van der Waals surface area contributed by atoms with Crippen LogP contribution in [-0.2, 0) is 21.4 Å². The lowest BCUT2D eigenvalue weighted by Gasteiger charge is -2.28. The highest BCUT2D eigenvalue weighted by atomic mass is 79.9. The first-order chi connectivity index (χ1) is 9.28. The van der Waals surface area contributed by atoms with Gasteiger partial charge in [-0.1, -0.05) is 6.07 Å². The highest BCUT2D eigenvalue weighted by Gasteiger charge is 2.40. The van der Waals surface area contributed by atoms with Crippen molar-refractivity contribution in [3.05, 3.63) is 28.2 Å². The summed E-state index contributed by atoms with van der Waals surface area (Å²) in [4.78, 5) is 0.162. The first kappa shape index (κ1) is 15.9. The van der Waals surface area contributed by atoms with E-state index in [9.17, 15) is 8.42 Å². The van der Waals surface area contributed by atoms with E-state index in [1.165, 1.54) is 6.07 Å². The van der Waals surface area contributed by atoms with E-state index < -0.39 is 15.6 Å². The molecule has 0 aromatic heterocycles. The van der Waals surface area contributed by atoms with Crippen LogP contribution >= 0.6 is 15.9 Å². The van der Waals surface area contributed by atoms with Crippen molar-refractivity contribution >= 4 is 26.0 Å². The van der Waals surface area contributed by atoms with Crippen LogP contribution in [0, 0.1) is 0 Å². The van der Waals surface area contributed by atoms with Gasteiger partial charge in [0, 0.05) is 11.1 Å². The number of hydrogen-bond acceptors (Lipinski definition) is 4. The first-order valence-electron chi connectivity index (χ1n) is 6.33. The van der Waals surface area contributed by atoms with Gasteiger partial charge in [0.05, 0.1) is 23.1 Å². The molecule has 0 amide bonds. The number of aliphatic hydroxyl groups is 1. The zero-order valence-electron chi connectivity index (χ0n) is 11.4. The number of benzene rings is 1. The number of nitrogens with one attached hydrogen (secondary N) is 1. The lowest BCUT2D eigenvalue weighted by Crippen LogP contribution is -2.50. The Balaban J connectivity index is 2.31. The van der Waals surface area contributed by atoms with Crippen LogP contribution in [-0.4, -0.2) is 31.8 Å². The maximum Gasteiger partial charge on any atom is 0.242 e. The predicted octanol–water partition coefficient (Wildman–Crippen LogP) is 1.79. The van der Waals surface area contributed by atoms with Gasteiger partial charge in [0.15, 0.2) is 0 Å².